The number of anilines is 1. The van der Waals surface area contributed by atoms with Gasteiger partial charge in [-0.2, -0.15) is 0 Å². The molecule has 4 nitrogen and oxygen atoms in total. The first-order valence-corrected chi connectivity index (χ1v) is 8.77. The van der Waals surface area contributed by atoms with E-state index in [1.165, 1.54) is 0 Å². The molecule has 0 aliphatic carbocycles. The van der Waals surface area contributed by atoms with Crippen LogP contribution in [0, 0.1) is 0 Å². The molecular formula is C20H13N3OS. The standard InChI is InChI=1S/C20H13N3OS/c24-20-17-18(14-8-3-5-11-21-14)23-12-6-4-9-15(23)19(17)25-16-10-2-1-7-13(16)22-20/h1-12H,(H,22,24). The highest BCUT2D eigenvalue weighted by Crippen LogP contribution is 2.45. The van der Waals surface area contributed by atoms with Gasteiger partial charge in [-0.05, 0) is 36.4 Å². The van der Waals surface area contributed by atoms with Gasteiger partial charge in [0.05, 0.1) is 33.1 Å². The van der Waals surface area contributed by atoms with Gasteiger partial charge in [0.15, 0.2) is 0 Å². The number of aromatic nitrogens is 2. The monoisotopic (exact) mass is 343 g/mol. The number of nitrogens with zero attached hydrogens (tertiary/aromatic N) is 2. The molecule has 4 heterocycles. The van der Waals surface area contributed by atoms with E-state index < -0.39 is 0 Å². The molecule has 1 amide bonds. The lowest BCUT2D eigenvalue weighted by Crippen LogP contribution is -2.12. The van der Waals surface area contributed by atoms with Gasteiger partial charge in [-0.25, -0.2) is 0 Å². The van der Waals surface area contributed by atoms with Crippen molar-refractivity contribution in [3.63, 3.8) is 0 Å². The Hall–Kier alpha value is -3.05. The number of amides is 1. The molecule has 0 radical (unpaired) electrons. The van der Waals surface area contributed by atoms with Gasteiger partial charge in [-0.15, -0.1) is 0 Å². The van der Waals surface area contributed by atoms with Gasteiger partial charge >= 0.3 is 0 Å². The molecule has 1 aromatic carbocycles. The number of pyridine rings is 2. The third-order valence-electron chi connectivity index (χ3n) is 4.28. The van der Waals surface area contributed by atoms with Crippen LogP contribution < -0.4 is 5.32 Å². The van der Waals surface area contributed by atoms with Crippen LogP contribution in [0.4, 0.5) is 5.69 Å². The molecule has 0 saturated carbocycles. The smallest absolute Gasteiger partial charge is 0.259 e. The average molecular weight is 343 g/mol. The number of para-hydroxylation sites is 1. The minimum absolute atomic E-state index is 0.100. The molecule has 0 fully saturated rings. The van der Waals surface area contributed by atoms with Gasteiger partial charge in [-0.1, -0.05) is 36.0 Å². The van der Waals surface area contributed by atoms with Gasteiger partial charge in [0.2, 0.25) is 0 Å². The van der Waals surface area contributed by atoms with Crippen molar-refractivity contribution in [3.8, 4) is 11.4 Å². The zero-order valence-electron chi connectivity index (χ0n) is 13.1. The van der Waals surface area contributed by atoms with E-state index in [0.29, 0.717) is 5.56 Å². The van der Waals surface area contributed by atoms with Crippen LogP contribution >= 0.6 is 11.8 Å². The summed E-state index contributed by atoms with van der Waals surface area (Å²) in [6.45, 7) is 0. The normalized spacial score (nSPS) is 13.0. The molecule has 5 heteroatoms. The molecule has 4 aromatic rings. The molecular weight excluding hydrogens is 330 g/mol. The fraction of sp³-hybridized carbons (Fsp3) is 0. The van der Waals surface area contributed by atoms with Gasteiger partial charge in [-0.3, -0.25) is 9.78 Å². The van der Waals surface area contributed by atoms with Gasteiger partial charge in [0.25, 0.3) is 5.91 Å². The summed E-state index contributed by atoms with van der Waals surface area (Å²) in [5.74, 6) is -0.100. The minimum atomic E-state index is -0.100. The third-order valence-corrected chi connectivity index (χ3v) is 5.47. The predicted octanol–water partition coefficient (Wildman–Crippen LogP) is 4.72. The second-order valence-electron chi connectivity index (χ2n) is 5.78. The first-order chi connectivity index (χ1) is 12.3. The quantitative estimate of drug-likeness (QED) is 0.544. The maximum Gasteiger partial charge on any atom is 0.259 e. The highest BCUT2D eigenvalue weighted by molar-refractivity contribution is 7.99. The number of nitrogens with one attached hydrogen (secondary N) is 1. The van der Waals surface area contributed by atoms with E-state index in [1.54, 1.807) is 18.0 Å². The van der Waals surface area contributed by atoms with Crippen molar-refractivity contribution in [1.29, 1.82) is 0 Å². The van der Waals surface area contributed by atoms with E-state index in [0.717, 1.165) is 32.4 Å². The van der Waals surface area contributed by atoms with Crippen LogP contribution in [-0.2, 0) is 0 Å². The van der Waals surface area contributed by atoms with Crippen LogP contribution in [0.15, 0.2) is 82.8 Å². The van der Waals surface area contributed by atoms with Crippen molar-refractivity contribution < 1.29 is 4.79 Å². The first-order valence-electron chi connectivity index (χ1n) is 7.95. The maximum absolute atomic E-state index is 13.1. The number of benzene rings is 1. The van der Waals surface area contributed by atoms with E-state index in [9.17, 15) is 4.79 Å². The Kier molecular flexibility index (Phi) is 3.15. The zero-order valence-corrected chi connectivity index (χ0v) is 14.0. The van der Waals surface area contributed by atoms with E-state index in [4.69, 9.17) is 0 Å². The Labute approximate surface area is 148 Å². The predicted molar refractivity (Wildman–Crippen MR) is 99.1 cm³/mol. The number of hydrogen-bond acceptors (Lipinski definition) is 3. The van der Waals surface area contributed by atoms with Crippen LogP contribution in [0.1, 0.15) is 10.4 Å². The van der Waals surface area contributed by atoms with Crippen molar-refractivity contribution in [3.05, 3.63) is 78.6 Å². The molecule has 0 unspecified atom stereocenters. The summed E-state index contributed by atoms with van der Waals surface area (Å²) >= 11 is 1.62. The number of fused-ring (bicyclic) bond motifs is 4. The highest BCUT2D eigenvalue weighted by atomic mass is 32.2. The van der Waals surface area contributed by atoms with Crippen LogP contribution in [0.2, 0.25) is 0 Å². The number of carbonyl (C=O) groups excluding carboxylic acids is 1. The Morgan fingerprint density at radius 2 is 1.80 bits per heavy atom. The highest BCUT2D eigenvalue weighted by Gasteiger charge is 2.29. The first kappa shape index (κ1) is 14.3. The van der Waals surface area contributed by atoms with Crippen molar-refractivity contribution >= 4 is 28.9 Å². The fourth-order valence-electron chi connectivity index (χ4n) is 3.20. The maximum atomic E-state index is 13.1. The molecule has 0 saturated heterocycles. The topological polar surface area (TPSA) is 46.4 Å². The lowest BCUT2D eigenvalue weighted by Gasteiger charge is -2.08. The Morgan fingerprint density at radius 3 is 2.68 bits per heavy atom. The molecule has 0 spiro atoms. The lowest BCUT2D eigenvalue weighted by molar-refractivity contribution is 0.102. The molecule has 0 atom stereocenters. The summed E-state index contributed by atoms with van der Waals surface area (Å²) in [6.07, 6.45) is 3.73. The summed E-state index contributed by atoms with van der Waals surface area (Å²) in [7, 11) is 0. The van der Waals surface area contributed by atoms with Crippen LogP contribution in [0.25, 0.3) is 16.9 Å². The van der Waals surface area contributed by atoms with Gasteiger partial charge in [0.1, 0.15) is 0 Å². The summed E-state index contributed by atoms with van der Waals surface area (Å²) in [5, 5.41) is 3.05. The second kappa shape index (κ2) is 5.50. The molecule has 1 aliphatic rings. The van der Waals surface area contributed by atoms with Crippen LogP contribution in [0.5, 0.6) is 0 Å². The van der Waals surface area contributed by atoms with Crippen molar-refractivity contribution in [2.75, 3.05) is 5.32 Å². The summed E-state index contributed by atoms with van der Waals surface area (Å²) in [4.78, 5) is 19.6. The molecule has 1 N–H and O–H groups in total. The van der Waals surface area contributed by atoms with Crippen molar-refractivity contribution in [2.45, 2.75) is 9.79 Å². The average Bonchev–Trinajstić information content (AvgIpc) is 2.90. The van der Waals surface area contributed by atoms with E-state index in [2.05, 4.69) is 10.3 Å². The molecule has 25 heavy (non-hydrogen) atoms. The summed E-state index contributed by atoms with van der Waals surface area (Å²) < 4.78 is 2.05. The zero-order chi connectivity index (χ0) is 16.8. The Balaban J connectivity index is 1.87. The van der Waals surface area contributed by atoms with Crippen LogP contribution in [0.3, 0.4) is 0 Å². The molecule has 5 rings (SSSR count). The van der Waals surface area contributed by atoms with E-state index in [1.807, 2.05) is 71.3 Å². The number of rotatable bonds is 1. The van der Waals surface area contributed by atoms with Gasteiger partial charge < -0.3 is 9.72 Å². The van der Waals surface area contributed by atoms with Gasteiger partial charge in [0, 0.05) is 17.3 Å². The molecule has 120 valence electrons. The fourth-order valence-corrected chi connectivity index (χ4v) is 4.36. The van der Waals surface area contributed by atoms with Crippen molar-refractivity contribution in [1.82, 2.24) is 9.38 Å². The second-order valence-corrected chi connectivity index (χ2v) is 6.83. The molecule has 1 aliphatic heterocycles. The summed E-state index contributed by atoms with van der Waals surface area (Å²) in [5.41, 5.74) is 4.13. The van der Waals surface area contributed by atoms with Crippen molar-refractivity contribution in [2.24, 2.45) is 0 Å². The largest absolute Gasteiger partial charge is 0.321 e. The number of hydrogen-bond donors (Lipinski definition) is 1. The van der Waals surface area contributed by atoms with E-state index in [-0.39, 0.29) is 5.91 Å². The number of carbonyl (C=O) groups is 1. The minimum Gasteiger partial charge on any atom is -0.321 e. The molecule has 3 aromatic heterocycles. The Bertz CT molecular complexity index is 1120. The summed E-state index contributed by atoms with van der Waals surface area (Å²) in [6, 6.07) is 19.6. The Morgan fingerprint density at radius 1 is 0.960 bits per heavy atom. The third kappa shape index (κ3) is 2.16. The van der Waals surface area contributed by atoms with E-state index >= 15 is 0 Å². The van der Waals surface area contributed by atoms with Crippen LogP contribution in [-0.4, -0.2) is 15.3 Å². The SMILES string of the molecule is O=C1Nc2ccccc2Sc2c1c(-c1ccccn1)n1ccccc21. The molecule has 0 bridgehead atoms. The lowest BCUT2D eigenvalue weighted by atomic mass is 10.1.